The predicted octanol–water partition coefficient (Wildman–Crippen LogP) is 0.625. The summed E-state index contributed by atoms with van der Waals surface area (Å²) in [6.45, 7) is 6.87. The molecule has 10 heteroatoms. The van der Waals surface area contributed by atoms with Gasteiger partial charge in [0.2, 0.25) is 0 Å². The van der Waals surface area contributed by atoms with E-state index in [0.29, 0.717) is 12.5 Å². The van der Waals surface area contributed by atoms with Gasteiger partial charge in [0.05, 0.1) is 6.54 Å². The molecule has 1 fully saturated rings. The molecule has 0 unspecified atom stereocenters. The number of rotatable bonds is 7. The lowest BCUT2D eigenvalue weighted by Crippen LogP contribution is -2.34. The van der Waals surface area contributed by atoms with Gasteiger partial charge in [0.15, 0.2) is 5.82 Å². The molecule has 4 heterocycles. The molecule has 27 heavy (non-hydrogen) atoms. The van der Waals surface area contributed by atoms with Crippen molar-refractivity contribution in [1.82, 2.24) is 49.4 Å². The van der Waals surface area contributed by atoms with Crippen LogP contribution < -0.4 is 0 Å². The second kappa shape index (κ2) is 7.95. The Hall–Kier alpha value is -2.62. The summed E-state index contributed by atoms with van der Waals surface area (Å²) in [7, 11) is 2.08. The Kier molecular flexibility index (Phi) is 5.23. The van der Waals surface area contributed by atoms with Gasteiger partial charge in [-0.15, -0.1) is 15.3 Å². The van der Waals surface area contributed by atoms with Crippen LogP contribution in [0.2, 0.25) is 0 Å². The molecule has 3 aromatic rings. The molecule has 144 valence electrons. The number of nitrogens with zero attached hydrogens (tertiary/aromatic N) is 10. The van der Waals surface area contributed by atoms with E-state index in [9.17, 15) is 0 Å². The van der Waals surface area contributed by atoms with Crippen molar-refractivity contribution < 1.29 is 0 Å². The molecule has 0 spiro atoms. The number of likely N-dealkylation sites (tertiary alicyclic amines) is 1. The lowest BCUT2D eigenvalue weighted by atomic mass is 9.96. The maximum Gasteiger partial charge on any atom is 0.152 e. The number of hydrogen-bond acceptors (Lipinski definition) is 7. The van der Waals surface area contributed by atoms with Gasteiger partial charge < -0.3 is 14.0 Å². The molecule has 1 saturated heterocycles. The van der Waals surface area contributed by atoms with Crippen LogP contribution in [0.25, 0.3) is 0 Å². The first-order chi connectivity index (χ1) is 13.2. The predicted molar refractivity (Wildman–Crippen MR) is 97.9 cm³/mol. The maximum absolute atomic E-state index is 4.51. The first-order valence-electron chi connectivity index (χ1n) is 9.49. The third-order valence-corrected chi connectivity index (χ3v) is 5.44. The largest absolute Gasteiger partial charge is 0.328 e. The van der Waals surface area contributed by atoms with Crippen LogP contribution in [-0.2, 0) is 20.1 Å². The van der Waals surface area contributed by atoms with Crippen LogP contribution in [0.1, 0.15) is 42.7 Å². The Morgan fingerprint density at radius 3 is 2.70 bits per heavy atom. The summed E-state index contributed by atoms with van der Waals surface area (Å²) in [5.41, 5.74) is 0. The van der Waals surface area contributed by atoms with Crippen LogP contribution in [-0.4, -0.2) is 69.1 Å². The highest BCUT2D eigenvalue weighted by Crippen LogP contribution is 2.27. The minimum Gasteiger partial charge on any atom is -0.328 e. The zero-order chi connectivity index (χ0) is 18.6. The fraction of sp³-hybridized carbons (Fsp3) is 0.647. The molecule has 1 aliphatic rings. The molecule has 1 aliphatic heterocycles. The summed E-state index contributed by atoms with van der Waals surface area (Å²) >= 11 is 0. The third kappa shape index (κ3) is 4.05. The van der Waals surface area contributed by atoms with Crippen molar-refractivity contribution in [2.45, 2.75) is 45.2 Å². The van der Waals surface area contributed by atoms with Gasteiger partial charge in [-0.05, 0) is 56.2 Å². The lowest BCUT2D eigenvalue weighted by molar-refractivity contribution is 0.202. The second-order valence-corrected chi connectivity index (χ2v) is 7.18. The van der Waals surface area contributed by atoms with Crippen LogP contribution in [0.4, 0.5) is 0 Å². The van der Waals surface area contributed by atoms with E-state index in [1.807, 2.05) is 19.3 Å². The van der Waals surface area contributed by atoms with Gasteiger partial charge in [-0.1, -0.05) is 0 Å². The molecule has 4 rings (SSSR count). The fourth-order valence-electron chi connectivity index (χ4n) is 3.75. The lowest BCUT2D eigenvalue weighted by Gasteiger charge is -2.31. The van der Waals surface area contributed by atoms with Crippen molar-refractivity contribution in [1.29, 1.82) is 0 Å². The zero-order valence-electron chi connectivity index (χ0n) is 15.9. The summed E-state index contributed by atoms with van der Waals surface area (Å²) in [4.78, 5) is 6.80. The van der Waals surface area contributed by atoms with E-state index < -0.39 is 0 Å². The number of aromatic nitrogens is 9. The first kappa shape index (κ1) is 17.8. The van der Waals surface area contributed by atoms with Crippen molar-refractivity contribution in [3.63, 3.8) is 0 Å². The fourth-order valence-corrected chi connectivity index (χ4v) is 3.75. The summed E-state index contributed by atoms with van der Waals surface area (Å²) in [5, 5.41) is 20.2. The number of imidazole rings is 1. The van der Waals surface area contributed by atoms with Crippen LogP contribution in [0.5, 0.6) is 0 Å². The summed E-state index contributed by atoms with van der Waals surface area (Å²) in [6, 6.07) is 0. The Morgan fingerprint density at radius 2 is 2.00 bits per heavy atom. The Morgan fingerprint density at radius 1 is 1.15 bits per heavy atom. The number of hydrogen-bond donors (Lipinski definition) is 0. The summed E-state index contributed by atoms with van der Waals surface area (Å²) in [5.74, 6) is 3.57. The smallest absolute Gasteiger partial charge is 0.152 e. The highest BCUT2D eigenvalue weighted by atomic mass is 15.5. The number of tetrazole rings is 1. The van der Waals surface area contributed by atoms with Gasteiger partial charge in [0, 0.05) is 31.9 Å². The maximum atomic E-state index is 4.51. The average molecular weight is 370 g/mol. The average Bonchev–Trinajstić information content (AvgIpc) is 3.41. The quantitative estimate of drug-likeness (QED) is 0.602. The number of aryl methyl sites for hydroxylation is 2. The van der Waals surface area contributed by atoms with Gasteiger partial charge in [0.25, 0.3) is 0 Å². The van der Waals surface area contributed by atoms with E-state index in [1.165, 1.54) is 0 Å². The minimum atomic E-state index is 0.482. The third-order valence-electron chi connectivity index (χ3n) is 5.44. The van der Waals surface area contributed by atoms with Gasteiger partial charge in [0.1, 0.15) is 18.0 Å². The van der Waals surface area contributed by atoms with Gasteiger partial charge in [-0.2, -0.15) is 0 Å². The van der Waals surface area contributed by atoms with E-state index in [2.05, 4.69) is 51.8 Å². The molecule has 0 saturated carbocycles. The van der Waals surface area contributed by atoms with Crippen LogP contribution in [0.3, 0.4) is 0 Å². The van der Waals surface area contributed by atoms with E-state index in [1.54, 1.807) is 11.0 Å². The van der Waals surface area contributed by atoms with E-state index in [4.69, 9.17) is 0 Å². The molecular weight excluding hydrogens is 344 g/mol. The topological polar surface area (TPSA) is 95.4 Å². The monoisotopic (exact) mass is 370 g/mol. The van der Waals surface area contributed by atoms with Gasteiger partial charge in [-0.25, -0.2) is 9.67 Å². The van der Waals surface area contributed by atoms with E-state index in [0.717, 1.165) is 62.9 Å². The van der Waals surface area contributed by atoms with Crippen LogP contribution in [0.15, 0.2) is 18.7 Å². The van der Waals surface area contributed by atoms with Crippen LogP contribution >= 0.6 is 0 Å². The van der Waals surface area contributed by atoms with Crippen molar-refractivity contribution in [2.75, 3.05) is 19.6 Å². The van der Waals surface area contributed by atoms with E-state index in [-0.39, 0.29) is 0 Å². The zero-order valence-corrected chi connectivity index (χ0v) is 15.9. The Balaban J connectivity index is 1.28. The summed E-state index contributed by atoms with van der Waals surface area (Å²) < 4.78 is 6.05. The standard InChI is InChI=1S/C17H26N10/c1-14-18-6-11-26(14)12-16-20-21-17(24(16)2)15-4-9-25(10-5-15)7-3-8-27-13-19-22-23-27/h6,11,13,15H,3-5,7-10,12H2,1-2H3. The molecule has 0 N–H and O–H groups in total. The number of piperidine rings is 1. The second-order valence-electron chi connectivity index (χ2n) is 7.18. The van der Waals surface area contributed by atoms with Crippen molar-refractivity contribution in [3.8, 4) is 0 Å². The van der Waals surface area contributed by atoms with Gasteiger partial charge >= 0.3 is 0 Å². The molecule has 10 nitrogen and oxygen atoms in total. The molecule has 0 aromatic carbocycles. The van der Waals surface area contributed by atoms with Crippen molar-refractivity contribution >= 4 is 0 Å². The van der Waals surface area contributed by atoms with Gasteiger partial charge in [-0.3, -0.25) is 0 Å². The highest BCUT2D eigenvalue weighted by molar-refractivity contribution is 5.05. The van der Waals surface area contributed by atoms with Crippen molar-refractivity contribution in [3.05, 3.63) is 36.2 Å². The molecule has 0 atom stereocenters. The molecule has 0 amide bonds. The molecule has 0 aliphatic carbocycles. The molecule has 3 aromatic heterocycles. The van der Waals surface area contributed by atoms with Crippen molar-refractivity contribution in [2.24, 2.45) is 7.05 Å². The Bertz CT molecular complexity index is 841. The molecular formula is C17H26N10. The Labute approximate surface area is 158 Å². The first-order valence-corrected chi connectivity index (χ1v) is 9.49. The molecule has 0 bridgehead atoms. The normalized spacial score (nSPS) is 16.2. The van der Waals surface area contributed by atoms with Crippen LogP contribution in [0, 0.1) is 6.92 Å². The van der Waals surface area contributed by atoms with E-state index >= 15 is 0 Å². The SMILES string of the molecule is Cc1nccn1Cc1nnc(C2CCN(CCCn3cnnn3)CC2)n1C. The highest BCUT2D eigenvalue weighted by Gasteiger charge is 2.25. The molecule has 0 radical (unpaired) electrons. The summed E-state index contributed by atoms with van der Waals surface area (Å²) in [6.07, 6.45) is 8.79. The minimum absolute atomic E-state index is 0.482.